The number of rotatable bonds is 5. The van der Waals surface area contributed by atoms with Crippen molar-refractivity contribution in [3.63, 3.8) is 0 Å². The fourth-order valence-corrected chi connectivity index (χ4v) is 3.34. The summed E-state index contributed by atoms with van der Waals surface area (Å²) in [5, 5.41) is 7.05. The zero-order chi connectivity index (χ0) is 19.5. The Morgan fingerprint density at radius 1 is 1.11 bits per heavy atom. The van der Waals surface area contributed by atoms with Crippen molar-refractivity contribution >= 4 is 34.8 Å². The van der Waals surface area contributed by atoms with Crippen molar-refractivity contribution in [3.8, 4) is 5.75 Å². The van der Waals surface area contributed by atoms with Gasteiger partial charge >= 0.3 is 0 Å². The summed E-state index contributed by atoms with van der Waals surface area (Å²) in [6, 6.07) is 17.7. The van der Waals surface area contributed by atoms with Crippen molar-refractivity contribution in [2.45, 2.75) is 12.5 Å². The normalized spacial score (nSPS) is 16.1. The lowest BCUT2D eigenvalue weighted by molar-refractivity contribution is -0.135. The fraction of sp³-hybridized carbons (Fsp3) is 0.143. The Kier molecular flexibility index (Phi) is 5.37. The second-order valence-corrected chi connectivity index (χ2v) is 7.09. The predicted octanol–water partition coefficient (Wildman–Crippen LogP) is 5.34. The molecule has 0 saturated carbocycles. The van der Waals surface area contributed by atoms with E-state index in [1.807, 2.05) is 18.2 Å². The molecule has 2 heterocycles. The van der Waals surface area contributed by atoms with Gasteiger partial charge in [0.25, 0.3) is 5.91 Å². The summed E-state index contributed by atoms with van der Waals surface area (Å²) < 4.78 is 11.1. The summed E-state index contributed by atoms with van der Waals surface area (Å²) in [7, 11) is 0. The summed E-state index contributed by atoms with van der Waals surface area (Å²) in [4.78, 5) is 12.9. The van der Waals surface area contributed by atoms with Crippen LogP contribution in [-0.2, 0) is 4.79 Å². The van der Waals surface area contributed by atoms with Crippen LogP contribution in [0.25, 0.3) is 0 Å². The number of benzene rings is 2. The largest absolute Gasteiger partial charge is 0.482 e. The van der Waals surface area contributed by atoms with Crippen LogP contribution in [0.15, 0.2) is 76.4 Å². The van der Waals surface area contributed by atoms with Gasteiger partial charge < -0.3 is 9.15 Å². The Balaban J connectivity index is 1.56. The summed E-state index contributed by atoms with van der Waals surface area (Å²) >= 11 is 12.1. The van der Waals surface area contributed by atoms with E-state index in [0.29, 0.717) is 28.0 Å². The third kappa shape index (κ3) is 3.91. The molecule has 5 nitrogen and oxygen atoms in total. The van der Waals surface area contributed by atoms with Crippen molar-refractivity contribution in [3.05, 3.63) is 88.3 Å². The number of hydrogen-bond acceptors (Lipinski definition) is 4. The molecule has 7 heteroatoms. The van der Waals surface area contributed by atoms with Crippen LogP contribution in [-0.4, -0.2) is 23.2 Å². The van der Waals surface area contributed by atoms with Crippen LogP contribution in [0.5, 0.6) is 5.75 Å². The molecule has 2 aromatic carbocycles. The van der Waals surface area contributed by atoms with Gasteiger partial charge in [0.15, 0.2) is 6.61 Å². The maximum atomic E-state index is 12.9. The first-order valence-electron chi connectivity index (χ1n) is 8.68. The molecule has 1 amide bonds. The molecule has 0 spiro atoms. The summed E-state index contributed by atoms with van der Waals surface area (Å²) in [6.07, 6.45) is 2.12. The highest BCUT2D eigenvalue weighted by Crippen LogP contribution is 2.33. The quantitative estimate of drug-likeness (QED) is 0.565. The van der Waals surface area contributed by atoms with E-state index in [-0.39, 0.29) is 18.6 Å². The van der Waals surface area contributed by atoms with E-state index in [9.17, 15) is 4.79 Å². The van der Waals surface area contributed by atoms with E-state index >= 15 is 0 Å². The highest BCUT2D eigenvalue weighted by Gasteiger charge is 2.35. The van der Waals surface area contributed by atoms with Gasteiger partial charge in [-0.3, -0.25) is 4.79 Å². The van der Waals surface area contributed by atoms with Crippen molar-refractivity contribution in [2.24, 2.45) is 5.10 Å². The number of carbonyl (C=O) groups excluding carboxylic acids is 1. The number of ether oxygens (including phenoxy) is 1. The topological polar surface area (TPSA) is 55.0 Å². The molecule has 1 aliphatic rings. The number of amides is 1. The first-order valence-corrected chi connectivity index (χ1v) is 9.43. The first-order chi connectivity index (χ1) is 13.6. The van der Waals surface area contributed by atoms with Gasteiger partial charge in [0.1, 0.15) is 17.6 Å². The first kappa shape index (κ1) is 18.6. The molecule has 28 heavy (non-hydrogen) atoms. The van der Waals surface area contributed by atoms with Crippen LogP contribution >= 0.6 is 23.2 Å². The minimum atomic E-state index is -0.331. The minimum Gasteiger partial charge on any atom is -0.482 e. The van der Waals surface area contributed by atoms with Crippen molar-refractivity contribution < 1.29 is 13.9 Å². The Morgan fingerprint density at radius 2 is 1.89 bits per heavy atom. The Morgan fingerprint density at radius 3 is 2.61 bits per heavy atom. The Bertz CT molecular complexity index is 1000. The van der Waals surface area contributed by atoms with Gasteiger partial charge in [-0.15, -0.1) is 0 Å². The number of hydrazone groups is 1. The molecule has 0 saturated heterocycles. The van der Waals surface area contributed by atoms with Crippen LogP contribution < -0.4 is 4.74 Å². The van der Waals surface area contributed by atoms with Gasteiger partial charge in [0.05, 0.1) is 17.0 Å². The zero-order valence-electron chi connectivity index (χ0n) is 14.7. The second-order valence-electron chi connectivity index (χ2n) is 6.25. The molecular formula is C21H16Cl2N2O3. The van der Waals surface area contributed by atoms with Crippen LogP contribution in [0.4, 0.5) is 0 Å². The minimum absolute atomic E-state index is 0.182. The number of halogens is 2. The van der Waals surface area contributed by atoms with Crippen LogP contribution in [0.1, 0.15) is 23.8 Å². The van der Waals surface area contributed by atoms with Crippen molar-refractivity contribution in [1.82, 2.24) is 5.01 Å². The van der Waals surface area contributed by atoms with Crippen molar-refractivity contribution in [1.29, 1.82) is 0 Å². The molecule has 0 aliphatic carbocycles. The SMILES string of the molecule is O=C(COc1ccccc1Cl)N1N=C(c2ccc(Cl)cc2)C[C@@H]1c1ccco1. The van der Waals surface area contributed by atoms with Crippen LogP contribution in [0.3, 0.4) is 0 Å². The lowest BCUT2D eigenvalue weighted by Crippen LogP contribution is -2.31. The van der Waals surface area contributed by atoms with Crippen LogP contribution in [0.2, 0.25) is 10.0 Å². The Labute approximate surface area is 172 Å². The van der Waals surface area contributed by atoms with E-state index in [1.54, 1.807) is 48.7 Å². The summed E-state index contributed by atoms with van der Waals surface area (Å²) in [5.41, 5.74) is 1.69. The van der Waals surface area contributed by atoms with Gasteiger partial charge in [-0.25, -0.2) is 5.01 Å². The molecule has 1 aromatic heterocycles. The van der Waals surface area contributed by atoms with Crippen LogP contribution in [0, 0.1) is 0 Å². The maximum absolute atomic E-state index is 12.9. The van der Waals surface area contributed by atoms with E-state index in [2.05, 4.69) is 5.10 Å². The molecule has 1 atom stereocenters. The number of carbonyl (C=O) groups is 1. The molecule has 0 bridgehead atoms. The molecule has 1 aliphatic heterocycles. The van der Waals surface area contributed by atoms with Gasteiger partial charge in [0, 0.05) is 11.4 Å². The van der Waals surface area contributed by atoms with Gasteiger partial charge in [-0.2, -0.15) is 5.10 Å². The molecule has 3 aromatic rings. The molecule has 0 unspecified atom stereocenters. The third-order valence-corrected chi connectivity index (χ3v) is 4.97. The molecule has 0 N–H and O–H groups in total. The predicted molar refractivity (Wildman–Crippen MR) is 108 cm³/mol. The van der Waals surface area contributed by atoms with Crippen molar-refractivity contribution in [2.75, 3.05) is 6.61 Å². The lowest BCUT2D eigenvalue weighted by Gasteiger charge is -2.20. The smallest absolute Gasteiger partial charge is 0.281 e. The van der Waals surface area contributed by atoms with E-state index < -0.39 is 0 Å². The number of furan rings is 1. The number of para-hydroxylation sites is 1. The molecule has 0 fully saturated rings. The zero-order valence-corrected chi connectivity index (χ0v) is 16.2. The third-order valence-electron chi connectivity index (χ3n) is 4.40. The fourth-order valence-electron chi connectivity index (χ4n) is 3.03. The van der Waals surface area contributed by atoms with Gasteiger partial charge in [-0.1, -0.05) is 47.5 Å². The highest BCUT2D eigenvalue weighted by molar-refractivity contribution is 6.32. The monoisotopic (exact) mass is 414 g/mol. The highest BCUT2D eigenvalue weighted by atomic mass is 35.5. The molecule has 142 valence electrons. The number of nitrogens with zero attached hydrogens (tertiary/aromatic N) is 2. The maximum Gasteiger partial charge on any atom is 0.281 e. The standard InChI is InChI=1S/C21H16Cl2N2O3/c22-15-9-7-14(8-10-15)17-12-18(20-6-3-11-27-20)25(24-17)21(26)13-28-19-5-2-1-4-16(19)23/h1-11,18H,12-13H2/t18-/m1/s1. The lowest BCUT2D eigenvalue weighted by atomic mass is 10.0. The second kappa shape index (κ2) is 8.09. The van der Waals surface area contributed by atoms with E-state index in [4.69, 9.17) is 32.4 Å². The number of hydrogen-bond donors (Lipinski definition) is 0. The average Bonchev–Trinajstić information content (AvgIpc) is 3.37. The summed E-state index contributed by atoms with van der Waals surface area (Å²) in [6.45, 7) is -0.182. The van der Waals surface area contributed by atoms with Gasteiger partial charge in [-0.05, 0) is 42.0 Å². The molecule has 4 rings (SSSR count). The average molecular weight is 415 g/mol. The van der Waals surface area contributed by atoms with E-state index in [0.717, 1.165) is 11.3 Å². The van der Waals surface area contributed by atoms with Gasteiger partial charge in [0.2, 0.25) is 0 Å². The molecular weight excluding hydrogens is 399 g/mol. The summed E-state index contributed by atoms with van der Waals surface area (Å²) in [5.74, 6) is 0.831. The molecule has 0 radical (unpaired) electrons. The van der Waals surface area contributed by atoms with E-state index in [1.165, 1.54) is 5.01 Å². The Hall–Kier alpha value is -2.76.